The number of hydrogen-bond donors (Lipinski definition) is 2. The molecule has 0 atom stereocenters. The predicted molar refractivity (Wildman–Crippen MR) is 96.9 cm³/mol. The Balaban J connectivity index is 1.95. The monoisotopic (exact) mass is 347 g/mol. The van der Waals surface area contributed by atoms with Crippen molar-refractivity contribution in [3.8, 4) is 6.07 Å². The Morgan fingerprint density at radius 2 is 1.85 bits per heavy atom. The maximum Gasteiger partial charge on any atom is 0.287 e. The molecule has 2 N–H and O–H groups in total. The molecule has 0 bridgehead atoms. The van der Waals surface area contributed by atoms with E-state index in [0.717, 1.165) is 0 Å². The minimum atomic E-state index is -0.429. The fraction of sp³-hybridized carbons (Fsp3) is 0.158. The first-order chi connectivity index (χ1) is 12.5. The molecule has 0 saturated carbocycles. The topological polar surface area (TPSA) is 99.3 Å². The van der Waals surface area contributed by atoms with Crippen molar-refractivity contribution < 1.29 is 9.59 Å². The molecule has 0 saturated heterocycles. The molecule has 0 fully saturated rings. The molecule has 7 heteroatoms. The van der Waals surface area contributed by atoms with E-state index in [-0.39, 0.29) is 23.5 Å². The van der Waals surface area contributed by atoms with Crippen molar-refractivity contribution in [3.05, 3.63) is 65.7 Å². The SMILES string of the molecule is CC(C)NC(=O)c1nc(C(=O)Nc2ccc(C#N)cc2)c2ccccn12. The second-order valence-electron chi connectivity index (χ2n) is 6.01. The van der Waals surface area contributed by atoms with Gasteiger partial charge in [-0.1, -0.05) is 6.07 Å². The van der Waals surface area contributed by atoms with Gasteiger partial charge in [-0.2, -0.15) is 5.26 Å². The fourth-order valence-corrected chi connectivity index (χ4v) is 2.51. The van der Waals surface area contributed by atoms with Crippen LogP contribution in [0.4, 0.5) is 5.69 Å². The summed E-state index contributed by atoms with van der Waals surface area (Å²) in [5.74, 6) is -0.625. The zero-order chi connectivity index (χ0) is 18.7. The zero-order valence-corrected chi connectivity index (χ0v) is 14.4. The van der Waals surface area contributed by atoms with Crippen LogP contribution in [0.3, 0.4) is 0 Å². The van der Waals surface area contributed by atoms with Crippen LogP contribution in [0, 0.1) is 11.3 Å². The number of imidazole rings is 1. The number of rotatable bonds is 4. The minimum absolute atomic E-state index is 0.0468. The standard InChI is InChI=1S/C19H17N5O2/c1-12(2)21-19(26)17-23-16(15-5-3-4-10-24(15)17)18(25)22-14-8-6-13(11-20)7-9-14/h3-10,12H,1-2H3,(H,21,26)(H,22,25). The largest absolute Gasteiger partial charge is 0.347 e. The zero-order valence-electron chi connectivity index (χ0n) is 14.4. The van der Waals surface area contributed by atoms with Crippen molar-refractivity contribution in [2.75, 3.05) is 5.32 Å². The van der Waals surface area contributed by atoms with Gasteiger partial charge in [-0.15, -0.1) is 0 Å². The summed E-state index contributed by atoms with van der Waals surface area (Å²) in [5.41, 5.74) is 1.73. The molecule has 0 radical (unpaired) electrons. The number of anilines is 1. The Morgan fingerprint density at radius 1 is 1.12 bits per heavy atom. The van der Waals surface area contributed by atoms with Crippen molar-refractivity contribution >= 4 is 23.0 Å². The summed E-state index contributed by atoms with van der Waals surface area (Å²) >= 11 is 0. The number of pyridine rings is 1. The molecular formula is C19H17N5O2. The molecule has 2 heterocycles. The first-order valence-electron chi connectivity index (χ1n) is 8.09. The molecule has 3 rings (SSSR count). The van der Waals surface area contributed by atoms with Crippen LogP contribution in [0.1, 0.15) is 40.5 Å². The van der Waals surface area contributed by atoms with Gasteiger partial charge in [0, 0.05) is 17.9 Å². The third-order valence-electron chi connectivity index (χ3n) is 3.66. The van der Waals surface area contributed by atoms with Gasteiger partial charge in [-0.3, -0.25) is 14.0 Å². The molecule has 0 spiro atoms. The maximum absolute atomic E-state index is 12.7. The van der Waals surface area contributed by atoms with Gasteiger partial charge in [-0.05, 0) is 50.2 Å². The van der Waals surface area contributed by atoms with Crippen molar-refractivity contribution in [2.45, 2.75) is 19.9 Å². The second-order valence-corrected chi connectivity index (χ2v) is 6.01. The molecule has 1 aromatic carbocycles. The van der Waals surface area contributed by atoms with E-state index in [9.17, 15) is 9.59 Å². The lowest BCUT2D eigenvalue weighted by molar-refractivity contribution is 0.0932. The Bertz CT molecular complexity index is 1010. The normalized spacial score (nSPS) is 10.5. The van der Waals surface area contributed by atoms with Crippen LogP contribution in [0.5, 0.6) is 0 Å². The number of carbonyl (C=O) groups excluding carboxylic acids is 2. The summed E-state index contributed by atoms with van der Waals surface area (Å²) in [6.45, 7) is 3.71. The smallest absolute Gasteiger partial charge is 0.287 e. The van der Waals surface area contributed by atoms with E-state index in [1.807, 2.05) is 19.9 Å². The van der Waals surface area contributed by atoms with Gasteiger partial charge in [0.15, 0.2) is 5.69 Å². The molecule has 2 amide bonds. The average Bonchev–Trinajstić information content (AvgIpc) is 3.02. The summed E-state index contributed by atoms with van der Waals surface area (Å²) < 4.78 is 1.59. The first-order valence-corrected chi connectivity index (χ1v) is 8.09. The number of amides is 2. The third kappa shape index (κ3) is 3.39. The average molecular weight is 347 g/mol. The van der Waals surface area contributed by atoms with Gasteiger partial charge in [0.05, 0.1) is 17.1 Å². The van der Waals surface area contributed by atoms with Crippen LogP contribution >= 0.6 is 0 Å². The van der Waals surface area contributed by atoms with Crippen molar-refractivity contribution in [2.24, 2.45) is 0 Å². The van der Waals surface area contributed by atoms with Crippen LogP contribution in [-0.4, -0.2) is 27.2 Å². The van der Waals surface area contributed by atoms with Gasteiger partial charge >= 0.3 is 0 Å². The Labute approximate surface area is 150 Å². The number of nitrogens with one attached hydrogen (secondary N) is 2. The third-order valence-corrected chi connectivity index (χ3v) is 3.66. The molecule has 0 unspecified atom stereocenters. The molecule has 0 aliphatic rings. The lowest BCUT2D eigenvalue weighted by atomic mass is 10.2. The quantitative estimate of drug-likeness (QED) is 0.758. The number of benzene rings is 1. The van der Waals surface area contributed by atoms with Crippen molar-refractivity contribution in [1.29, 1.82) is 5.26 Å². The van der Waals surface area contributed by atoms with Crippen molar-refractivity contribution in [3.63, 3.8) is 0 Å². The number of carbonyl (C=O) groups is 2. The predicted octanol–water partition coefficient (Wildman–Crippen LogP) is 2.60. The lowest BCUT2D eigenvalue weighted by Gasteiger charge is -2.06. The number of nitriles is 1. The number of hydrogen-bond acceptors (Lipinski definition) is 4. The fourth-order valence-electron chi connectivity index (χ4n) is 2.51. The van der Waals surface area contributed by atoms with Crippen molar-refractivity contribution in [1.82, 2.24) is 14.7 Å². The van der Waals surface area contributed by atoms with Gasteiger partial charge in [0.25, 0.3) is 11.8 Å². The summed E-state index contributed by atoms with van der Waals surface area (Å²) in [6, 6.07) is 13.8. The second kappa shape index (κ2) is 7.07. The van der Waals surface area contributed by atoms with E-state index in [1.54, 1.807) is 53.1 Å². The summed E-state index contributed by atoms with van der Waals surface area (Å²) in [5, 5.41) is 14.4. The van der Waals surface area contributed by atoms with Gasteiger partial charge < -0.3 is 10.6 Å². The van der Waals surface area contributed by atoms with Crippen LogP contribution in [0.25, 0.3) is 5.52 Å². The molecule has 26 heavy (non-hydrogen) atoms. The summed E-state index contributed by atoms with van der Waals surface area (Å²) in [4.78, 5) is 29.3. The summed E-state index contributed by atoms with van der Waals surface area (Å²) in [7, 11) is 0. The van der Waals surface area contributed by atoms with E-state index in [2.05, 4.69) is 15.6 Å². The molecular weight excluding hydrogens is 330 g/mol. The van der Waals surface area contributed by atoms with Gasteiger partial charge in [0.2, 0.25) is 5.82 Å². The first kappa shape index (κ1) is 17.2. The summed E-state index contributed by atoms with van der Waals surface area (Å²) in [6.07, 6.45) is 1.69. The van der Waals surface area contributed by atoms with E-state index < -0.39 is 5.91 Å². The maximum atomic E-state index is 12.7. The molecule has 7 nitrogen and oxygen atoms in total. The minimum Gasteiger partial charge on any atom is -0.347 e. The van der Waals surface area contributed by atoms with Crippen LogP contribution in [0.2, 0.25) is 0 Å². The highest BCUT2D eigenvalue weighted by atomic mass is 16.2. The van der Waals surface area contributed by atoms with Crippen LogP contribution < -0.4 is 10.6 Å². The highest BCUT2D eigenvalue weighted by molar-refractivity contribution is 6.08. The van der Waals surface area contributed by atoms with Crippen LogP contribution in [-0.2, 0) is 0 Å². The Morgan fingerprint density at radius 3 is 2.50 bits per heavy atom. The molecule has 0 aliphatic carbocycles. The highest BCUT2D eigenvalue weighted by Crippen LogP contribution is 2.16. The molecule has 130 valence electrons. The van der Waals surface area contributed by atoms with E-state index >= 15 is 0 Å². The molecule has 3 aromatic rings. The highest BCUT2D eigenvalue weighted by Gasteiger charge is 2.21. The number of nitrogens with zero attached hydrogens (tertiary/aromatic N) is 3. The van der Waals surface area contributed by atoms with Gasteiger partial charge in [0.1, 0.15) is 0 Å². The number of aromatic nitrogens is 2. The van der Waals surface area contributed by atoms with E-state index in [4.69, 9.17) is 5.26 Å². The Hall–Kier alpha value is -3.66. The Kier molecular flexibility index (Phi) is 4.67. The van der Waals surface area contributed by atoms with E-state index in [1.165, 1.54) is 0 Å². The lowest BCUT2D eigenvalue weighted by Crippen LogP contribution is -2.31. The van der Waals surface area contributed by atoms with Crippen LogP contribution in [0.15, 0.2) is 48.7 Å². The number of fused-ring (bicyclic) bond motifs is 1. The van der Waals surface area contributed by atoms with E-state index in [0.29, 0.717) is 16.8 Å². The molecule has 2 aromatic heterocycles. The molecule has 0 aliphatic heterocycles. The van der Waals surface area contributed by atoms with Gasteiger partial charge in [-0.25, -0.2) is 4.98 Å².